The van der Waals surface area contributed by atoms with E-state index in [4.69, 9.17) is 39.5 Å². The zero-order chi connectivity index (χ0) is 16.9. The van der Waals surface area contributed by atoms with Crippen LogP contribution in [-0.4, -0.2) is 9.76 Å². The fourth-order valence-corrected chi connectivity index (χ4v) is 2.63. The van der Waals surface area contributed by atoms with Crippen LogP contribution >= 0.6 is 50.7 Å². The molecule has 0 spiro atoms. The molecule has 0 radical (unpaired) electrons. The van der Waals surface area contributed by atoms with Gasteiger partial charge in [0.25, 0.3) is 3.79 Å². The van der Waals surface area contributed by atoms with Crippen LogP contribution in [0.3, 0.4) is 0 Å². The second-order valence-corrected chi connectivity index (χ2v) is 7.83. The van der Waals surface area contributed by atoms with Crippen molar-refractivity contribution in [3.63, 3.8) is 0 Å². The first kappa shape index (κ1) is 18.3. The van der Waals surface area contributed by atoms with E-state index in [9.17, 15) is 4.79 Å². The molecular weight excluding hydrogens is 422 g/mol. The molecule has 0 N–H and O–H groups in total. The van der Waals surface area contributed by atoms with Crippen molar-refractivity contribution in [3.8, 4) is 0 Å². The van der Waals surface area contributed by atoms with E-state index in [1.165, 1.54) is 0 Å². The van der Waals surface area contributed by atoms with Gasteiger partial charge in [-0.25, -0.2) is 4.79 Å². The van der Waals surface area contributed by atoms with E-state index < -0.39 is 15.9 Å². The minimum atomic E-state index is -2.13. The van der Waals surface area contributed by atoms with Crippen molar-refractivity contribution in [3.05, 3.63) is 76.3 Å². The maximum absolute atomic E-state index is 11.9. The minimum Gasteiger partial charge on any atom is -0.449 e. The Hall–Kier alpha value is -1.000. The summed E-state index contributed by atoms with van der Waals surface area (Å²) in [6, 6.07) is 18.8. The number of carbonyl (C=O) groups is 1. The number of hydrogen-bond acceptors (Lipinski definition) is 2. The van der Waals surface area contributed by atoms with Crippen molar-refractivity contribution in [2.75, 3.05) is 0 Å². The van der Waals surface area contributed by atoms with Crippen molar-refractivity contribution in [1.82, 2.24) is 0 Å². The molecule has 2 rings (SSSR count). The van der Waals surface area contributed by atoms with E-state index >= 15 is 0 Å². The molecule has 2 aromatic carbocycles. The van der Waals surface area contributed by atoms with Crippen molar-refractivity contribution in [2.45, 2.75) is 9.90 Å². The molecule has 23 heavy (non-hydrogen) atoms. The molecule has 0 heterocycles. The molecule has 0 aromatic heterocycles. The van der Waals surface area contributed by atoms with Crippen molar-refractivity contribution < 1.29 is 9.53 Å². The Balaban J connectivity index is 2.34. The number of halogens is 4. The van der Waals surface area contributed by atoms with Gasteiger partial charge >= 0.3 is 5.97 Å². The van der Waals surface area contributed by atoms with E-state index in [0.717, 1.165) is 11.1 Å². The summed E-state index contributed by atoms with van der Waals surface area (Å²) in [6.45, 7) is 0. The Bertz CT molecular complexity index is 682. The highest BCUT2D eigenvalue weighted by Gasteiger charge is 2.35. The first-order valence-corrected chi connectivity index (χ1v) is 8.55. The van der Waals surface area contributed by atoms with Crippen LogP contribution in [0, 0.1) is 0 Å². The van der Waals surface area contributed by atoms with Gasteiger partial charge in [0.05, 0.1) is 0 Å². The third kappa shape index (κ3) is 5.54. The number of esters is 1. The summed E-state index contributed by atoms with van der Waals surface area (Å²) >= 11 is 20.3. The number of benzene rings is 2. The lowest BCUT2D eigenvalue weighted by atomic mass is 10.1. The molecule has 0 fully saturated rings. The average molecular weight is 435 g/mol. The number of hydrogen-bond donors (Lipinski definition) is 0. The van der Waals surface area contributed by atoms with Crippen LogP contribution in [-0.2, 0) is 9.53 Å². The second kappa shape index (κ2) is 8.20. The smallest absolute Gasteiger partial charge is 0.359 e. The molecule has 1 atom stereocenters. The van der Waals surface area contributed by atoms with Gasteiger partial charge in [0, 0.05) is 4.48 Å². The topological polar surface area (TPSA) is 26.3 Å². The lowest BCUT2D eigenvalue weighted by molar-refractivity contribution is -0.146. The maximum Gasteiger partial charge on any atom is 0.359 e. The summed E-state index contributed by atoms with van der Waals surface area (Å²) in [5.74, 6) is -0.935. The van der Waals surface area contributed by atoms with Crippen LogP contribution in [0.4, 0.5) is 0 Å². The van der Waals surface area contributed by atoms with E-state index in [2.05, 4.69) is 15.9 Å². The summed E-state index contributed by atoms with van der Waals surface area (Å²) in [7, 11) is 0. The largest absolute Gasteiger partial charge is 0.449 e. The quantitative estimate of drug-likeness (QED) is 0.431. The van der Waals surface area contributed by atoms with Gasteiger partial charge in [-0.15, -0.1) is 0 Å². The van der Waals surface area contributed by atoms with E-state index in [0.29, 0.717) is 4.48 Å². The Kier molecular flexibility index (Phi) is 6.54. The number of alkyl halides is 3. The molecule has 2 aromatic rings. The Labute approximate surface area is 158 Å². The molecule has 0 aliphatic rings. The van der Waals surface area contributed by atoms with Crippen LogP contribution in [0.2, 0.25) is 0 Å². The molecule has 0 amide bonds. The van der Waals surface area contributed by atoms with Crippen LogP contribution < -0.4 is 0 Å². The normalized spacial score (nSPS) is 13.5. The van der Waals surface area contributed by atoms with E-state index in [1.54, 1.807) is 0 Å². The lowest BCUT2D eigenvalue weighted by Gasteiger charge is -2.20. The SMILES string of the molecule is O=C(OC(/C(Br)=C\c1ccccc1)c1ccccc1)C(Cl)(Cl)Cl. The molecule has 0 saturated heterocycles. The first-order valence-electron chi connectivity index (χ1n) is 6.63. The first-order chi connectivity index (χ1) is 10.9. The van der Waals surface area contributed by atoms with Crippen molar-refractivity contribution in [2.24, 2.45) is 0 Å². The third-order valence-corrected chi connectivity index (χ3v) is 4.02. The van der Waals surface area contributed by atoms with Gasteiger partial charge in [0.15, 0.2) is 6.10 Å². The van der Waals surface area contributed by atoms with Crippen LogP contribution in [0.5, 0.6) is 0 Å². The Morgan fingerprint density at radius 1 is 1.00 bits per heavy atom. The number of rotatable bonds is 4. The van der Waals surface area contributed by atoms with E-state index in [1.807, 2.05) is 66.7 Å². The standard InChI is InChI=1S/C17H12BrCl3O2/c18-14(11-12-7-3-1-4-8-12)15(13-9-5-2-6-10-13)23-16(22)17(19,20)21/h1-11,15H/b14-11+. The lowest BCUT2D eigenvalue weighted by Crippen LogP contribution is -2.24. The fraction of sp³-hybridized carbons (Fsp3) is 0.118. The maximum atomic E-state index is 11.9. The monoisotopic (exact) mass is 432 g/mol. The van der Waals surface area contributed by atoms with Crippen LogP contribution in [0.25, 0.3) is 6.08 Å². The molecule has 2 nitrogen and oxygen atoms in total. The van der Waals surface area contributed by atoms with Gasteiger partial charge in [-0.05, 0) is 17.2 Å². The van der Waals surface area contributed by atoms with Crippen molar-refractivity contribution >= 4 is 62.8 Å². The molecule has 0 aliphatic heterocycles. The van der Waals surface area contributed by atoms with E-state index in [-0.39, 0.29) is 0 Å². The predicted molar refractivity (Wildman–Crippen MR) is 98.9 cm³/mol. The Morgan fingerprint density at radius 2 is 1.52 bits per heavy atom. The number of carbonyl (C=O) groups excluding carboxylic acids is 1. The summed E-state index contributed by atoms with van der Waals surface area (Å²) in [5.41, 5.74) is 1.71. The van der Waals surface area contributed by atoms with Crippen LogP contribution in [0.1, 0.15) is 17.2 Å². The molecule has 120 valence electrons. The molecule has 0 saturated carbocycles. The fourth-order valence-electron chi connectivity index (χ4n) is 1.87. The molecular formula is C17H12BrCl3O2. The van der Waals surface area contributed by atoms with Gasteiger partial charge in [-0.2, -0.15) is 0 Å². The molecule has 0 bridgehead atoms. The molecule has 0 aliphatic carbocycles. The highest BCUT2D eigenvalue weighted by atomic mass is 79.9. The average Bonchev–Trinajstić information content (AvgIpc) is 2.53. The zero-order valence-corrected chi connectivity index (χ0v) is 15.6. The van der Waals surface area contributed by atoms with Gasteiger partial charge in [-0.3, -0.25) is 0 Å². The van der Waals surface area contributed by atoms with Gasteiger partial charge in [0.1, 0.15) is 0 Å². The van der Waals surface area contributed by atoms with Gasteiger partial charge in [-0.1, -0.05) is 111 Å². The highest BCUT2D eigenvalue weighted by molar-refractivity contribution is 9.11. The Morgan fingerprint density at radius 3 is 2.04 bits per heavy atom. The zero-order valence-electron chi connectivity index (χ0n) is 11.8. The summed E-state index contributed by atoms with van der Waals surface area (Å²) in [6.07, 6.45) is 1.14. The van der Waals surface area contributed by atoms with Gasteiger partial charge < -0.3 is 4.74 Å². The predicted octanol–water partition coefficient (Wildman–Crippen LogP) is 6.08. The molecule has 1 unspecified atom stereocenters. The summed E-state index contributed by atoms with van der Waals surface area (Å²) in [5, 5.41) is 0. The van der Waals surface area contributed by atoms with Crippen LogP contribution in [0.15, 0.2) is 65.1 Å². The minimum absolute atomic E-state index is 0.637. The van der Waals surface area contributed by atoms with Crippen molar-refractivity contribution in [1.29, 1.82) is 0 Å². The van der Waals surface area contributed by atoms with Gasteiger partial charge in [0.2, 0.25) is 0 Å². The third-order valence-electron chi connectivity index (χ3n) is 2.91. The number of ether oxygens (including phenoxy) is 1. The highest BCUT2D eigenvalue weighted by Crippen LogP contribution is 2.36. The molecule has 6 heteroatoms. The summed E-state index contributed by atoms with van der Waals surface area (Å²) < 4.78 is 3.89. The summed E-state index contributed by atoms with van der Waals surface area (Å²) in [4.78, 5) is 11.9. The second-order valence-electron chi connectivity index (χ2n) is 4.63.